The number of nitrogens with zero attached hydrogens (tertiary/aromatic N) is 1. The molecule has 126 valence electrons. The van der Waals surface area contributed by atoms with E-state index in [9.17, 15) is 9.59 Å². The van der Waals surface area contributed by atoms with E-state index in [0.717, 1.165) is 25.7 Å². The molecule has 0 aromatic heterocycles. The topological polar surface area (TPSA) is 66.8 Å². The largest absolute Gasteiger partial charge is 0.484 e. The Labute approximate surface area is 137 Å². The average Bonchev–Trinajstić information content (AvgIpc) is 2.78. The van der Waals surface area contributed by atoms with Crippen LogP contribution in [0, 0.1) is 5.92 Å². The summed E-state index contributed by atoms with van der Waals surface area (Å²) in [7, 11) is 0. The van der Waals surface area contributed by atoms with E-state index in [2.05, 4.69) is 6.92 Å². The minimum absolute atomic E-state index is 0.0273. The first-order valence-corrected chi connectivity index (χ1v) is 8.29. The molecule has 0 saturated carbocycles. The van der Waals surface area contributed by atoms with Crippen molar-refractivity contribution in [3.05, 3.63) is 29.8 Å². The molecule has 5 heteroatoms. The lowest BCUT2D eigenvalue weighted by molar-refractivity contribution is -0.138. The molecular weight excluding hydrogens is 294 g/mol. The number of likely N-dealkylation sites (tertiary alicyclic amines) is 1. The lowest BCUT2D eigenvalue weighted by Crippen LogP contribution is -2.35. The predicted molar refractivity (Wildman–Crippen MR) is 87.5 cm³/mol. The van der Waals surface area contributed by atoms with Gasteiger partial charge in [0, 0.05) is 19.5 Å². The first kappa shape index (κ1) is 17.3. The Balaban J connectivity index is 1.79. The van der Waals surface area contributed by atoms with Crippen LogP contribution in [-0.4, -0.2) is 41.6 Å². The summed E-state index contributed by atoms with van der Waals surface area (Å²) in [6, 6.07) is 7.78. The second-order valence-electron chi connectivity index (χ2n) is 6.06. The first-order valence-electron chi connectivity index (χ1n) is 8.29. The fraction of sp³-hybridized carbons (Fsp3) is 0.556. The molecule has 1 aliphatic rings. The zero-order chi connectivity index (χ0) is 16.7. The van der Waals surface area contributed by atoms with Gasteiger partial charge in [-0.05, 0) is 49.3 Å². The lowest BCUT2D eigenvalue weighted by atomic mass is 9.97. The Morgan fingerprint density at radius 2 is 1.96 bits per heavy atom. The molecule has 1 fully saturated rings. The van der Waals surface area contributed by atoms with Crippen LogP contribution in [0.3, 0.4) is 0 Å². The number of aliphatic carboxylic acids is 1. The zero-order valence-corrected chi connectivity index (χ0v) is 13.7. The van der Waals surface area contributed by atoms with Crippen molar-refractivity contribution in [3.8, 4) is 5.75 Å². The van der Waals surface area contributed by atoms with Gasteiger partial charge in [0.15, 0.2) is 6.61 Å². The van der Waals surface area contributed by atoms with E-state index in [1.165, 1.54) is 5.56 Å². The highest BCUT2D eigenvalue weighted by molar-refractivity contribution is 5.77. The van der Waals surface area contributed by atoms with Crippen molar-refractivity contribution in [2.45, 2.75) is 39.0 Å². The Hall–Kier alpha value is -2.04. The Bertz CT molecular complexity index is 526. The predicted octanol–water partition coefficient (Wildman–Crippen LogP) is 2.73. The molecule has 1 unspecified atom stereocenters. The van der Waals surface area contributed by atoms with Crippen molar-refractivity contribution >= 4 is 11.9 Å². The number of carbonyl (C=O) groups excluding carboxylic acids is 1. The van der Waals surface area contributed by atoms with Crippen LogP contribution in [0.1, 0.15) is 38.2 Å². The summed E-state index contributed by atoms with van der Waals surface area (Å²) in [6.07, 6.45) is 3.65. The molecule has 1 saturated heterocycles. The number of hydrogen-bond acceptors (Lipinski definition) is 3. The van der Waals surface area contributed by atoms with Gasteiger partial charge in [-0.25, -0.2) is 0 Å². The van der Waals surface area contributed by atoms with Crippen LogP contribution in [0.25, 0.3) is 0 Å². The van der Waals surface area contributed by atoms with Crippen molar-refractivity contribution in [2.24, 2.45) is 5.92 Å². The van der Waals surface area contributed by atoms with E-state index in [4.69, 9.17) is 9.84 Å². The number of rotatable bonds is 6. The molecule has 5 nitrogen and oxygen atoms in total. The highest BCUT2D eigenvalue weighted by atomic mass is 16.5. The van der Waals surface area contributed by atoms with Gasteiger partial charge >= 0.3 is 5.97 Å². The number of amides is 1. The van der Waals surface area contributed by atoms with Crippen LogP contribution in [0.4, 0.5) is 0 Å². The number of carboxylic acids is 1. The van der Waals surface area contributed by atoms with Gasteiger partial charge in [0.1, 0.15) is 5.75 Å². The molecule has 0 radical (unpaired) electrons. The Kier molecular flexibility index (Phi) is 6.44. The lowest BCUT2D eigenvalue weighted by Gasteiger charge is -2.20. The van der Waals surface area contributed by atoms with Gasteiger partial charge in [-0.1, -0.05) is 19.1 Å². The fourth-order valence-corrected chi connectivity index (χ4v) is 2.92. The van der Waals surface area contributed by atoms with Crippen molar-refractivity contribution in [3.63, 3.8) is 0 Å². The van der Waals surface area contributed by atoms with E-state index < -0.39 is 5.97 Å². The van der Waals surface area contributed by atoms with Gasteiger partial charge in [0.25, 0.3) is 5.91 Å². The SMILES string of the molecule is CCc1ccc(OCC(=O)N2CCCC(CC(=O)O)CC2)cc1. The summed E-state index contributed by atoms with van der Waals surface area (Å²) in [4.78, 5) is 24.9. The number of carboxylic acid groups (broad SMARTS) is 1. The average molecular weight is 319 g/mol. The van der Waals surface area contributed by atoms with Crippen molar-refractivity contribution in [2.75, 3.05) is 19.7 Å². The fourth-order valence-electron chi connectivity index (χ4n) is 2.92. The van der Waals surface area contributed by atoms with E-state index in [0.29, 0.717) is 18.8 Å². The molecule has 1 heterocycles. The first-order chi connectivity index (χ1) is 11.1. The minimum atomic E-state index is -0.756. The summed E-state index contributed by atoms with van der Waals surface area (Å²) in [6.45, 7) is 3.44. The van der Waals surface area contributed by atoms with E-state index >= 15 is 0 Å². The maximum atomic E-state index is 12.3. The molecule has 0 bridgehead atoms. The van der Waals surface area contributed by atoms with Crippen LogP contribution in [0.15, 0.2) is 24.3 Å². The summed E-state index contributed by atoms with van der Waals surface area (Å²) >= 11 is 0. The van der Waals surface area contributed by atoms with Crippen LogP contribution in [-0.2, 0) is 16.0 Å². The van der Waals surface area contributed by atoms with Gasteiger partial charge < -0.3 is 14.7 Å². The number of benzene rings is 1. The summed E-state index contributed by atoms with van der Waals surface area (Å²) in [5.41, 5.74) is 1.24. The molecule has 1 atom stereocenters. The standard InChI is InChI=1S/C18H25NO4/c1-2-14-5-7-16(8-6-14)23-13-17(20)19-10-3-4-15(9-11-19)12-18(21)22/h5-8,15H,2-4,9-13H2,1H3,(H,21,22). The van der Waals surface area contributed by atoms with Crippen LogP contribution >= 0.6 is 0 Å². The summed E-state index contributed by atoms with van der Waals surface area (Å²) < 4.78 is 5.57. The highest BCUT2D eigenvalue weighted by Gasteiger charge is 2.22. The molecular formula is C18H25NO4. The highest BCUT2D eigenvalue weighted by Crippen LogP contribution is 2.21. The molecule has 1 N–H and O–H groups in total. The molecule has 23 heavy (non-hydrogen) atoms. The van der Waals surface area contributed by atoms with Gasteiger partial charge in [0.2, 0.25) is 0 Å². The Morgan fingerprint density at radius 3 is 2.61 bits per heavy atom. The van der Waals surface area contributed by atoms with Crippen LogP contribution < -0.4 is 4.74 Å². The number of carbonyl (C=O) groups is 2. The third-order valence-electron chi connectivity index (χ3n) is 4.36. The van der Waals surface area contributed by atoms with Crippen molar-refractivity contribution < 1.29 is 19.4 Å². The van der Waals surface area contributed by atoms with Crippen LogP contribution in [0.5, 0.6) is 5.75 Å². The number of ether oxygens (including phenoxy) is 1. The Morgan fingerprint density at radius 1 is 1.22 bits per heavy atom. The number of aryl methyl sites for hydroxylation is 1. The van der Waals surface area contributed by atoms with Crippen molar-refractivity contribution in [1.82, 2.24) is 4.90 Å². The molecule has 1 aromatic carbocycles. The quantitative estimate of drug-likeness (QED) is 0.875. The van der Waals surface area contributed by atoms with Crippen LogP contribution in [0.2, 0.25) is 0 Å². The second-order valence-corrected chi connectivity index (χ2v) is 6.06. The third-order valence-corrected chi connectivity index (χ3v) is 4.36. The van der Waals surface area contributed by atoms with Gasteiger partial charge in [0.05, 0.1) is 0 Å². The normalized spacial score (nSPS) is 18.3. The zero-order valence-electron chi connectivity index (χ0n) is 13.7. The smallest absolute Gasteiger partial charge is 0.303 e. The molecule has 1 aliphatic heterocycles. The second kappa shape index (κ2) is 8.56. The van der Waals surface area contributed by atoms with Crippen molar-refractivity contribution in [1.29, 1.82) is 0 Å². The third kappa shape index (κ3) is 5.58. The maximum absolute atomic E-state index is 12.3. The van der Waals surface area contributed by atoms with Gasteiger partial charge in [-0.2, -0.15) is 0 Å². The molecule has 2 rings (SSSR count). The molecule has 0 aliphatic carbocycles. The maximum Gasteiger partial charge on any atom is 0.303 e. The van der Waals surface area contributed by atoms with Gasteiger partial charge in [-0.15, -0.1) is 0 Å². The van der Waals surface area contributed by atoms with Gasteiger partial charge in [-0.3, -0.25) is 9.59 Å². The number of hydrogen-bond donors (Lipinski definition) is 1. The molecule has 1 amide bonds. The molecule has 1 aromatic rings. The summed E-state index contributed by atoms with van der Waals surface area (Å²) in [5.74, 6) is 0.0936. The monoisotopic (exact) mass is 319 g/mol. The van der Waals surface area contributed by atoms with E-state index in [1.807, 2.05) is 24.3 Å². The summed E-state index contributed by atoms with van der Waals surface area (Å²) in [5, 5.41) is 8.88. The minimum Gasteiger partial charge on any atom is -0.484 e. The van der Waals surface area contributed by atoms with E-state index in [1.54, 1.807) is 4.90 Å². The van der Waals surface area contributed by atoms with E-state index in [-0.39, 0.29) is 24.9 Å². The molecule has 0 spiro atoms.